The molecule has 1 aliphatic heterocycles. The van der Waals surface area contributed by atoms with E-state index in [1.165, 1.54) is 0 Å². The summed E-state index contributed by atoms with van der Waals surface area (Å²) in [5.41, 5.74) is 0.859. The molecule has 1 aromatic heterocycles. The molecule has 2 aliphatic rings. The highest BCUT2D eigenvalue weighted by atomic mass is 35.5. The van der Waals surface area contributed by atoms with Crippen LogP contribution in [-0.4, -0.2) is 27.5 Å². The monoisotopic (exact) mass is 317 g/mol. The van der Waals surface area contributed by atoms with E-state index in [0.29, 0.717) is 16.7 Å². The standard InChI is InChI=1S/C16H16ClN3O2/c17-12-7-5-10(6-8-12)14-18-15(22-19-14)13-2-1-9-20(13)16(21)11-3-4-11/h5-8,11,13H,1-4,9H2. The number of aromatic nitrogens is 2. The summed E-state index contributed by atoms with van der Waals surface area (Å²) in [6, 6.07) is 7.25. The molecule has 5 nitrogen and oxygen atoms in total. The van der Waals surface area contributed by atoms with Crippen molar-refractivity contribution >= 4 is 17.5 Å². The zero-order valence-corrected chi connectivity index (χ0v) is 12.8. The van der Waals surface area contributed by atoms with Gasteiger partial charge >= 0.3 is 0 Å². The van der Waals surface area contributed by atoms with Gasteiger partial charge in [-0.15, -0.1) is 0 Å². The molecule has 2 heterocycles. The first-order valence-corrected chi connectivity index (χ1v) is 8.00. The quantitative estimate of drug-likeness (QED) is 0.869. The van der Waals surface area contributed by atoms with Gasteiger partial charge < -0.3 is 9.42 Å². The fraction of sp³-hybridized carbons (Fsp3) is 0.438. The predicted molar refractivity (Wildman–Crippen MR) is 81.2 cm³/mol. The van der Waals surface area contributed by atoms with Crippen molar-refractivity contribution in [3.63, 3.8) is 0 Å². The molecule has 1 unspecified atom stereocenters. The molecule has 1 amide bonds. The summed E-state index contributed by atoms with van der Waals surface area (Å²) in [7, 11) is 0. The average molecular weight is 318 g/mol. The minimum atomic E-state index is -0.0679. The lowest BCUT2D eigenvalue weighted by molar-refractivity contribution is -0.133. The minimum Gasteiger partial charge on any atom is -0.337 e. The maximum Gasteiger partial charge on any atom is 0.249 e. The second-order valence-corrected chi connectivity index (χ2v) is 6.36. The van der Waals surface area contributed by atoms with E-state index in [1.807, 2.05) is 17.0 Å². The van der Waals surface area contributed by atoms with Gasteiger partial charge in [-0.2, -0.15) is 4.98 Å². The number of benzene rings is 1. The molecule has 1 aliphatic carbocycles. The van der Waals surface area contributed by atoms with Crippen molar-refractivity contribution in [2.24, 2.45) is 5.92 Å². The smallest absolute Gasteiger partial charge is 0.249 e. The molecule has 0 spiro atoms. The number of carbonyl (C=O) groups is 1. The van der Waals surface area contributed by atoms with Gasteiger partial charge in [-0.3, -0.25) is 4.79 Å². The number of rotatable bonds is 3. The summed E-state index contributed by atoms with van der Waals surface area (Å²) >= 11 is 5.89. The molecular formula is C16H16ClN3O2. The van der Waals surface area contributed by atoms with E-state index < -0.39 is 0 Å². The van der Waals surface area contributed by atoms with Gasteiger partial charge in [0.25, 0.3) is 0 Å². The lowest BCUT2D eigenvalue weighted by Gasteiger charge is -2.21. The highest BCUT2D eigenvalue weighted by molar-refractivity contribution is 6.30. The zero-order chi connectivity index (χ0) is 15.1. The van der Waals surface area contributed by atoms with Gasteiger partial charge in [0.05, 0.1) is 0 Å². The van der Waals surface area contributed by atoms with Crippen LogP contribution in [0.2, 0.25) is 5.02 Å². The van der Waals surface area contributed by atoms with E-state index in [2.05, 4.69) is 10.1 Å². The highest BCUT2D eigenvalue weighted by Crippen LogP contribution is 2.38. The van der Waals surface area contributed by atoms with E-state index in [0.717, 1.165) is 37.8 Å². The second-order valence-electron chi connectivity index (χ2n) is 5.93. The Morgan fingerprint density at radius 3 is 2.73 bits per heavy atom. The summed E-state index contributed by atoms with van der Waals surface area (Å²) in [6.07, 6.45) is 3.91. The molecule has 1 aromatic carbocycles. The Morgan fingerprint density at radius 1 is 1.23 bits per heavy atom. The second kappa shape index (κ2) is 5.39. The predicted octanol–water partition coefficient (Wildman–Crippen LogP) is 3.46. The molecule has 0 N–H and O–H groups in total. The van der Waals surface area contributed by atoms with Gasteiger partial charge in [-0.05, 0) is 49.9 Å². The maximum atomic E-state index is 12.3. The molecular weight excluding hydrogens is 302 g/mol. The number of amides is 1. The summed E-state index contributed by atoms with van der Waals surface area (Å²) < 4.78 is 5.43. The van der Waals surface area contributed by atoms with Crippen molar-refractivity contribution in [3.05, 3.63) is 35.2 Å². The molecule has 114 valence electrons. The van der Waals surface area contributed by atoms with Crippen molar-refractivity contribution in [2.75, 3.05) is 6.54 Å². The summed E-state index contributed by atoms with van der Waals surface area (Å²) in [5.74, 6) is 1.54. The van der Waals surface area contributed by atoms with E-state index >= 15 is 0 Å². The van der Waals surface area contributed by atoms with Crippen molar-refractivity contribution in [3.8, 4) is 11.4 Å². The number of halogens is 1. The van der Waals surface area contributed by atoms with Crippen LogP contribution in [0.15, 0.2) is 28.8 Å². The lowest BCUT2D eigenvalue weighted by Crippen LogP contribution is -2.31. The van der Waals surface area contributed by atoms with E-state index in [-0.39, 0.29) is 17.9 Å². The summed E-state index contributed by atoms with van der Waals surface area (Å²) in [4.78, 5) is 18.7. The summed E-state index contributed by atoms with van der Waals surface area (Å²) in [5, 5.41) is 4.72. The minimum absolute atomic E-state index is 0.0679. The van der Waals surface area contributed by atoms with Crippen LogP contribution in [0.4, 0.5) is 0 Å². The number of likely N-dealkylation sites (tertiary alicyclic amines) is 1. The van der Waals surface area contributed by atoms with Gasteiger partial charge in [0.2, 0.25) is 17.6 Å². The van der Waals surface area contributed by atoms with Crippen LogP contribution in [-0.2, 0) is 4.79 Å². The van der Waals surface area contributed by atoms with Gasteiger partial charge in [0.15, 0.2) is 0 Å². The normalized spacial score (nSPS) is 21.3. The first-order valence-electron chi connectivity index (χ1n) is 7.62. The van der Waals surface area contributed by atoms with Crippen molar-refractivity contribution in [1.29, 1.82) is 0 Å². The number of hydrogen-bond donors (Lipinski definition) is 0. The first-order chi connectivity index (χ1) is 10.7. The third kappa shape index (κ3) is 2.50. The van der Waals surface area contributed by atoms with Crippen molar-refractivity contribution in [2.45, 2.75) is 31.7 Å². The molecule has 2 fully saturated rings. The van der Waals surface area contributed by atoms with E-state index in [4.69, 9.17) is 16.1 Å². The number of hydrogen-bond acceptors (Lipinski definition) is 4. The number of nitrogens with zero attached hydrogens (tertiary/aromatic N) is 3. The Morgan fingerprint density at radius 2 is 2.00 bits per heavy atom. The largest absolute Gasteiger partial charge is 0.337 e. The van der Waals surface area contributed by atoms with Crippen LogP contribution in [0, 0.1) is 5.92 Å². The third-order valence-corrected chi connectivity index (χ3v) is 4.54. The molecule has 1 atom stereocenters. The number of carbonyl (C=O) groups excluding carboxylic acids is 1. The van der Waals surface area contributed by atoms with Gasteiger partial charge in [-0.1, -0.05) is 16.8 Å². The molecule has 0 radical (unpaired) electrons. The van der Waals surface area contributed by atoms with Crippen LogP contribution in [0.1, 0.15) is 37.6 Å². The molecule has 1 saturated carbocycles. The fourth-order valence-electron chi connectivity index (χ4n) is 2.94. The van der Waals surface area contributed by atoms with Gasteiger partial charge in [0, 0.05) is 23.0 Å². The van der Waals surface area contributed by atoms with Crippen molar-refractivity contribution in [1.82, 2.24) is 15.0 Å². The topological polar surface area (TPSA) is 59.2 Å². The van der Waals surface area contributed by atoms with Crippen LogP contribution in [0.3, 0.4) is 0 Å². The molecule has 1 saturated heterocycles. The van der Waals surface area contributed by atoms with Crippen LogP contribution in [0.5, 0.6) is 0 Å². The fourth-order valence-corrected chi connectivity index (χ4v) is 3.06. The maximum absolute atomic E-state index is 12.3. The van der Waals surface area contributed by atoms with E-state index in [9.17, 15) is 4.79 Å². The van der Waals surface area contributed by atoms with Gasteiger partial charge in [-0.25, -0.2) is 0 Å². The Hall–Kier alpha value is -1.88. The Labute approximate surface area is 133 Å². The molecule has 4 rings (SSSR count). The molecule has 22 heavy (non-hydrogen) atoms. The van der Waals surface area contributed by atoms with Gasteiger partial charge in [0.1, 0.15) is 6.04 Å². The third-order valence-electron chi connectivity index (χ3n) is 4.29. The Bertz CT molecular complexity index is 694. The first kappa shape index (κ1) is 13.8. The highest BCUT2D eigenvalue weighted by Gasteiger charge is 2.40. The van der Waals surface area contributed by atoms with Crippen LogP contribution < -0.4 is 0 Å². The molecule has 0 bridgehead atoms. The summed E-state index contributed by atoms with van der Waals surface area (Å²) in [6.45, 7) is 0.790. The zero-order valence-electron chi connectivity index (χ0n) is 12.0. The Balaban J connectivity index is 1.57. The van der Waals surface area contributed by atoms with E-state index in [1.54, 1.807) is 12.1 Å². The lowest BCUT2D eigenvalue weighted by atomic mass is 10.2. The van der Waals surface area contributed by atoms with Crippen LogP contribution in [0.25, 0.3) is 11.4 Å². The van der Waals surface area contributed by atoms with Crippen molar-refractivity contribution < 1.29 is 9.32 Å². The SMILES string of the molecule is O=C(C1CC1)N1CCCC1c1nc(-c2ccc(Cl)cc2)no1. The Kier molecular flexibility index (Phi) is 3.37. The average Bonchev–Trinajstić information content (AvgIpc) is 3.07. The molecule has 2 aromatic rings. The molecule has 6 heteroatoms. The van der Waals surface area contributed by atoms with Crippen LogP contribution >= 0.6 is 11.6 Å².